The minimum absolute atomic E-state index is 0.0284. The van der Waals surface area contributed by atoms with E-state index in [1.165, 1.54) is 5.69 Å². The standard InChI is InChI=1S/C18H26N6O2/c1-3-24-16-4-6-23(9-13(16)15(10-25)22-24)17-8-14(12-5-7-26-11-12)20-18(19-2)21-17/h8,12,25H,3-7,9-11H2,1-2H3,(H,19,20,21). The largest absolute Gasteiger partial charge is 0.390 e. The first kappa shape index (κ1) is 17.2. The minimum atomic E-state index is -0.0284. The van der Waals surface area contributed by atoms with Gasteiger partial charge in [-0.15, -0.1) is 0 Å². The number of aliphatic hydroxyl groups excluding tert-OH is 1. The van der Waals surface area contributed by atoms with Gasteiger partial charge in [-0.3, -0.25) is 4.68 Å². The molecule has 4 rings (SSSR count). The Morgan fingerprint density at radius 1 is 1.38 bits per heavy atom. The summed E-state index contributed by atoms with van der Waals surface area (Å²) in [7, 11) is 1.84. The highest BCUT2D eigenvalue weighted by Crippen LogP contribution is 2.30. The molecule has 2 aromatic heterocycles. The smallest absolute Gasteiger partial charge is 0.224 e. The lowest BCUT2D eigenvalue weighted by atomic mass is 10.0. The van der Waals surface area contributed by atoms with E-state index < -0.39 is 0 Å². The molecule has 4 heterocycles. The van der Waals surface area contributed by atoms with Crippen LogP contribution in [0.1, 0.15) is 41.9 Å². The van der Waals surface area contributed by atoms with Gasteiger partial charge in [0.2, 0.25) is 5.95 Å². The monoisotopic (exact) mass is 358 g/mol. The average Bonchev–Trinajstić information content (AvgIpc) is 3.34. The molecule has 0 aliphatic carbocycles. The molecule has 1 atom stereocenters. The van der Waals surface area contributed by atoms with Gasteiger partial charge in [-0.1, -0.05) is 0 Å². The highest BCUT2D eigenvalue weighted by molar-refractivity contribution is 5.48. The Kier molecular flexibility index (Phi) is 4.78. The van der Waals surface area contributed by atoms with Crippen molar-refractivity contribution >= 4 is 11.8 Å². The van der Waals surface area contributed by atoms with E-state index in [1.54, 1.807) is 0 Å². The zero-order valence-corrected chi connectivity index (χ0v) is 15.4. The van der Waals surface area contributed by atoms with Gasteiger partial charge in [0.1, 0.15) is 5.82 Å². The van der Waals surface area contributed by atoms with Crippen molar-refractivity contribution in [3.63, 3.8) is 0 Å². The van der Waals surface area contributed by atoms with Gasteiger partial charge >= 0.3 is 0 Å². The van der Waals surface area contributed by atoms with Gasteiger partial charge in [0.15, 0.2) is 0 Å². The number of hydrogen-bond donors (Lipinski definition) is 2. The lowest BCUT2D eigenvalue weighted by molar-refractivity contribution is 0.193. The van der Waals surface area contributed by atoms with Crippen molar-refractivity contribution in [3.05, 3.63) is 28.7 Å². The van der Waals surface area contributed by atoms with E-state index >= 15 is 0 Å². The number of anilines is 2. The molecule has 26 heavy (non-hydrogen) atoms. The summed E-state index contributed by atoms with van der Waals surface area (Å²) >= 11 is 0. The summed E-state index contributed by atoms with van der Waals surface area (Å²) < 4.78 is 7.54. The number of ether oxygens (including phenoxy) is 1. The number of nitrogens with zero attached hydrogens (tertiary/aromatic N) is 5. The average molecular weight is 358 g/mol. The van der Waals surface area contributed by atoms with Crippen LogP contribution in [0.3, 0.4) is 0 Å². The van der Waals surface area contributed by atoms with Crippen LogP contribution in [0.4, 0.5) is 11.8 Å². The second-order valence-electron chi connectivity index (χ2n) is 6.80. The van der Waals surface area contributed by atoms with Crippen molar-refractivity contribution < 1.29 is 9.84 Å². The number of rotatable bonds is 5. The molecule has 8 heteroatoms. The first-order chi connectivity index (χ1) is 12.7. The maximum absolute atomic E-state index is 9.69. The van der Waals surface area contributed by atoms with Crippen LogP contribution < -0.4 is 10.2 Å². The van der Waals surface area contributed by atoms with Crippen LogP contribution in [0.2, 0.25) is 0 Å². The van der Waals surface area contributed by atoms with E-state index in [-0.39, 0.29) is 6.61 Å². The normalized spacial score (nSPS) is 19.7. The molecule has 1 saturated heterocycles. The van der Waals surface area contributed by atoms with Crippen molar-refractivity contribution in [2.24, 2.45) is 0 Å². The number of nitrogens with one attached hydrogen (secondary N) is 1. The molecule has 1 fully saturated rings. The number of aryl methyl sites for hydroxylation is 1. The van der Waals surface area contributed by atoms with E-state index in [0.29, 0.717) is 18.4 Å². The second-order valence-corrected chi connectivity index (χ2v) is 6.80. The van der Waals surface area contributed by atoms with Gasteiger partial charge in [-0.05, 0) is 13.3 Å². The Morgan fingerprint density at radius 2 is 2.27 bits per heavy atom. The van der Waals surface area contributed by atoms with Crippen LogP contribution in [0.25, 0.3) is 0 Å². The lowest BCUT2D eigenvalue weighted by Crippen LogP contribution is -2.32. The van der Waals surface area contributed by atoms with E-state index in [1.807, 2.05) is 11.7 Å². The van der Waals surface area contributed by atoms with E-state index in [4.69, 9.17) is 4.74 Å². The number of fused-ring (bicyclic) bond motifs is 1. The van der Waals surface area contributed by atoms with E-state index in [2.05, 4.69) is 38.3 Å². The summed E-state index contributed by atoms with van der Waals surface area (Å²) in [5, 5.41) is 17.3. The maximum atomic E-state index is 9.69. The fraction of sp³-hybridized carbons (Fsp3) is 0.611. The zero-order valence-electron chi connectivity index (χ0n) is 15.4. The second kappa shape index (κ2) is 7.20. The number of aliphatic hydroxyl groups is 1. The molecule has 140 valence electrons. The Morgan fingerprint density at radius 3 is 2.96 bits per heavy atom. The lowest BCUT2D eigenvalue weighted by Gasteiger charge is -2.29. The third kappa shape index (κ3) is 3.03. The summed E-state index contributed by atoms with van der Waals surface area (Å²) in [6.45, 7) is 5.99. The molecule has 0 aromatic carbocycles. The van der Waals surface area contributed by atoms with Gasteiger partial charge < -0.3 is 20.1 Å². The van der Waals surface area contributed by atoms with Gasteiger partial charge in [0, 0.05) is 63.0 Å². The van der Waals surface area contributed by atoms with Gasteiger partial charge in [-0.25, -0.2) is 4.98 Å². The summed E-state index contributed by atoms with van der Waals surface area (Å²) in [4.78, 5) is 11.6. The van der Waals surface area contributed by atoms with E-state index in [9.17, 15) is 5.11 Å². The van der Waals surface area contributed by atoms with Crippen molar-refractivity contribution in [1.82, 2.24) is 19.7 Å². The fourth-order valence-electron chi connectivity index (χ4n) is 3.85. The Balaban J connectivity index is 1.66. The minimum Gasteiger partial charge on any atom is -0.390 e. The van der Waals surface area contributed by atoms with Gasteiger partial charge in [-0.2, -0.15) is 10.1 Å². The predicted octanol–water partition coefficient (Wildman–Crippen LogP) is 1.29. The fourth-order valence-corrected chi connectivity index (χ4v) is 3.85. The Hall–Kier alpha value is -2.19. The van der Waals surface area contributed by atoms with Crippen LogP contribution in [-0.4, -0.2) is 51.7 Å². The summed E-state index contributed by atoms with van der Waals surface area (Å²) in [5.74, 6) is 1.90. The Labute approximate surface area is 153 Å². The molecule has 2 aliphatic heterocycles. The molecule has 2 N–H and O–H groups in total. The van der Waals surface area contributed by atoms with Crippen molar-refractivity contribution in [3.8, 4) is 0 Å². The van der Waals surface area contributed by atoms with Crippen LogP contribution in [0.5, 0.6) is 0 Å². The zero-order chi connectivity index (χ0) is 18.1. The molecule has 0 spiro atoms. The molecule has 8 nitrogen and oxygen atoms in total. The molecule has 0 saturated carbocycles. The predicted molar refractivity (Wildman–Crippen MR) is 98.3 cm³/mol. The number of hydrogen-bond acceptors (Lipinski definition) is 7. The molecule has 1 unspecified atom stereocenters. The van der Waals surface area contributed by atoms with Gasteiger partial charge in [0.25, 0.3) is 0 Å². The highest BCUT2D eigenvalue weighted by atomic mass is 16.5. The van der Waals surface area contributed by atoms with E-state index in [0.717, 1.165) is 61.9 Å². The molecular weight excluding hydrogens is 332 g/mol. The number of aromatic nitrogens is 4. The quantitative estimate of drug-likeness (QED) is 0.833. The van der Waals surface area contributed by atoms with Crippen LogP contribution in [0.15, 0.2) is 6.07 Å². The maximum Gasteiger partial charge on any atom is 0.224 e. The topological polar surface area (TPSA) is 88.3 Å². The molecule has 0 amide bonds. The molecule has 2 aromatic rings. The third-order valence-corrected chi connectivity index (χ3v) is 5.29. The molecule has 0 bridgehead atoms. The van der Waals surface area contributed by atoms with Crippen molar-refractivity contribution in [1.29, 1.82) is 0 Å². The Bertz CT molecular complexity index is 784. The molecule has 0 radical (unpaired) electrons. The van der Waals surface area contributed by atoms with Gasteiger partial charge in [0.05, 0.1) is 24.6 Å². The first-order valence-corrected chi connectivity index (χ1v) is 9.31. The molecule has 2 aliphatic rings. The van der Waals surface area contributed by atoms with Crippen LogP contribution in [0, 0.1) is 0 Å². The van der Waals surface area contributed by atoms with Crippen LogP contribution in [-0.2, 0) is 30.9 Å². The van der Waals surface area contributed by atoms with Crippen molar-refractivity contribution in [2.75, 3.05) is 37.0 Å². The molecular formula is C18H26N6O2. The van der Waals surface area contributed by atoms with Crippen molar-refractivity contribution in [2.45, 2.75) is 45.4 Å². The SMILES string of the molecule is CCn1nc(CO)c2c1CCN(c1cc(C3CCOC3)nc(NC)n1)C2. The highest BCUT2D eigenvalue weighted by Gasteiger charge is 2.27. The first-order valence-electron chi connectivity index (χ1n) is 9.31. The summed E-state index contributed by atoms with van der Waals surface area (Å²) in [6.07, 6.45) is 1.90. The summed E-state index contributed by atoms with van der Waals surface area (Å²) in [6, 6.07) is 2.09. The summed E-state index contributed by atoms with van der Waals surface area (Å²) in [5.41, 5.74) is 4.18. The van der Waals surface area contributed by atoms with Crippen LogP contribution >= 0.6 is 0 Å². The third-order valence-electron chi connectivity index (χ3n) is 5.29.